The van der Waals surface area contributed by atoms with E-state index in [4.69, 9.17) is 9.05 Å². The number of aromatic nitrogens is 2. The van der Waals surface area contributed by atoms with Gasteiger partial charge in [0.25, 0.3) is 0 Å². The van der Waals surface area contributed by atoms with Crippen LogP contribution >= 0.6 is 7.60 Å². The number of hydrogen-bond donors (Lipinski definition) is 1. The molecule has 11 heteroatoms. The highest BCUT2D eigenvalue weighted by Crippen LogP contribution is 2.49. The Morgan fingerprint density at radius 1 is 1.09 bits per heavy atom. The predicted molar refractivity (Wildman–Crippen MR) is 123 cm³/mol. The van der Waals surface area contributed by atoms with Crippen molar-refractivity contribution in [2.24, 2.45) is 7.05 Å². The maximum atomic E-state index is 12.8. The van der Waals surface area contributed by atoms with Crippen LogP contribution in [0.4, 0.5) is 18.9 Å². The van der Waals surface area contributed by atoms with Gasteiger partial charge in [-0.25, -0.2) is 0 Å². The molecule has 7 nitrogen and oxygen atoms in total. The van der Waals surface area contributed by atoms with Crippen LogP contribution in [-0.2, 0) is 37.8 Å². The molecule has 0 atom stereocenters. The van der Waals surface area contributed by atoms with E-state index in [1.165, 1.54) is 49.4 Å². The van der Waals surface area contributed by atoms with Crippen LogP contribution in [0.1, 0.15) is 16.7 Å². The molecule has 0 aliphatic carbocycles. The number of alkyl halides is 3. The molecule has 0 unspecified atom stereocenters. The molecule has 0 radical (unpaired) electrons. The van der Waals surface area contributed by atoms with Crippen molar-refractivity contribution in [2.75, 3.05) is 19.5 Å². The second-order valence-corrected chi connectivity index (χ2v) is 9.57. The molecule has 0 fully saturated rings. The third-order valence-corrected chi connectivity index (χ3v) is 6.89. The molecule has 0 aliphatic rings. The number of carbonyl (C=O) groups is 1. The van der Waals surface area contributed by atoms with Crippen LogP contribution in [0.2, 0.25) is 0 Å². The topological polar surface area (TPSA) is 82.5 Å². The summed E-state index contributed by atoms with van der Waals surface area (Å²) in [4.78, 5) is 12.4. The molecule has 1 heterocycles. The van der Waals surface area contributed by atoms with Gasteiger partial charge in [0.1, 0.15) is 0 Å². The van der Waals surface area contributed by atoms with Crippen molar-refractivity contribution in [1.29, 1.82) is 0 Å². The lowest BCUT2D eigenvalue weighted by Gasteiger charge is -2.13. The maximum Gasteiger partial charge on any atom is 0.416 e. The normalized spacial score (nSPS) is 12.3. The number of aryl methyl sites for hydroxylation is 1. The SMILES string of the molecule is COP(=O)(Cc1ccc(NC(=O)/C=C/c2cnn(C)c2-c2ccc(C(F)(F)F)cc2)cc1)OC. The Kier molecular flexibility index (Phi) is 7.76. The van der Waals surface area contributed by atoms with Gasteiger partial charge in [0.2, 0.25) is 5.91 Å². The van der Waals surface area contributed by atoms with Crippen LogP contribution < -0.4 is 5.32 Å². The second kappa shape index (κ2) is 10.4. The van der Waals surface area contributed by atoms with Gasteiger partial charge in [-0.3, -0.25) is 14.0 Å². The molecule has 2 aromatic carbocycles. The Morgan fingerprint density at radius 2 is 1.71 bits per heavy atom. The summed E-state index contributed by atoms with van der Waals surface area (Å²) in [6.07, 6.45) is 0.0499. The molecule has 1 aromatic heterocycles. The molecule has 0 bridgehead atoms. The van der Waals surface area contributed by atoms with Gasteiger partial charge in [0.15, 0.2) is 0 Å². The fourth-order valence-corrected chi connectivity index (χ4v) is 4.28. The number of hydrogen-bond acceptors (Lipinski definition) is 5. The molecular formula is C23H23F3N3O4P. The number of nitrogens with zero attached hydrogens (tertiary/aromatic N) is 2. The van der Waals surface area contributed by atoms with E-state index in [1.807, 2.05) is 0 Å². The lowest BCUT2D eigenvalue weighted by atomic mass is 10.1. The molecule has 0 saturated carbocycles. The van der Waals surface area contributed by atoms with Gasteiger partial charge in [-0.05, 0) is 35.9 Å². The van der Waals surface area contributed by atoms with E-state index < -0.39 is 25.2 Å². The van der Waals surface area contributed by atoms with Crippen LogP contribution in [-0.4, -0.2) is 29.9 Å². The monoisotopic (exact) mass is 493 g/mol. The van der Waals surface area contributed by atoms with Gasteiger partial charge in [-0.2, -0.15) is 18.3 Å². The van der Waals surface area contributed by atoms with Crippen LogP contribution in [0.15, 0.2) is 60.8 Å². The van der Waals surface area contributed by atoms with Crippen molar-refractivity contribution in [3.8, 4) is 11.3 Å². The zero-order chi connectivity index (χ0) is 24.9. The predicted octanol–water partition coefficient (Wildman–Crippen LogP) is 5.74. The van der Waals surface area contributed by atoms with Crippen LogP contribution in [0.25, 0.3) is 17.3 Å². The first-order valence-corrected chi connectivity index (χ1v) is 11.8. The smallest absolute Gasteiger partial charge is 0.323 e. The highest BCUT2D eigenvalue weighted by Gasteiger charge is 2.30. The molecule has 3 rings (SSSR count). The van der Waals surface area contributed by atoms with Crippen molar-refractivity contribution in [3.05, 3.63) is 77.5 Å². The highest BCUT2D eigenvalue weighted by atomic mass is 31.2. The van der Waals surface area contributed by atoms with E-state index in [2.05, 4.69) is 10.4 Å². The van der Waals surface area contributed by atoms with Gasteiger partial charge in [-0.1, -0.05) is 24.3 Å². The number of carbonyl (C=O) groups excluding carboxylic acids is 1. The summed E-state index contributed by atoms with van der Waals surface area (Å²) in [7, 11) is 1.10. The summed E-state index contributed by atoms with van der Waals surface area (Å²) < 4.78 is 62.1. The molecule has 34 heavy (non-hydrogen) atoms. The standard InChI is InChI=1S/C23H23F3N3O4P/c1-29-22(17-6-9-19(10-7-17)23(24,25)26)18(14-27-29)8-13-21(30)28-20-11-4-16(5-12-20)15-34(31,32-2)33-3/h4-14H,15H2,1-3H3,(H,28,30)/b13-8+. The Balaban J connectivity index is 1.70. The van der Waals surface area contributed by atoms with E-state index in [0.29, 0.717) is 22.5 Å². The van der Waals surface area contributed by atoms with Gasteiger partial charge in [0, 0.05) is 44.2 Å². The second-order valence-electron chi connectivity index (χ2n) is 7.30. The number of nitrogens with one attached hydrogen (secondary N) is 1. The first-order chi connectivity index (χ1) is 16.0. The summed E-state index contributed by atoms with van der Waals surface area (Å²) in [5.41, 5.74) is 2.18. The van der Waals surface area contributed by atoms with Gasteiger partial charge in [-0.15, -0.1) is 0 Å². The minimum absolute atomic E-state index is 0.0991. The summed E-state index contributed by atoms with van der Waals surface area (Å²) in [5, 5.41) is 6.86. The number of halogens is 3. The van der Waals surface area contributed by atoms with Gasteiger partial charge in [0.05, 0.1) is 23.6 Å². The Hall–Kier alpha value is -3.20. The first-order valence-electron chi connectivity index (χ1n) is 10.0. The first kappa shape index (κ1) is 25.4. The highest BCUT2D eigenvalue weighted by molar-refractivity contribution is 7.52. The summed E-state index contributed by atoms with van der Waals surface area (Å²) >= 11 is 0. The summed E-state index contributed by atoms with van der Waals surface area (Å²) in [6, 6.07) is 11.5. The van der Waals surface area contributed by atoms with Crippen molar-refractivity contribution in [1.82, 2.24) is 9.78 Å². The van der Waals surface area contributed by atoms with Crippen molar-refractivity contribution < 1.29 is 31.6 Å². The number of amides is 1. The maximum absolute atomic E-state index is 12.8. The Morgan fingerprint density at radius 3 is 2.26 bits per heavy atom. The zero-order valence-corrected chi connectivity index (χ0v) is 19.6. The minimum Gasteiger partial charge on any atom is -0.323 e. The molecule has 3 aromatic rings. The van der Waals surface area contributed by atoms with Crippen molar-refractivity contribution in [3.63, 3.8) is 0 Å². The lowest BCUT2D eigenvalue weighted by molar-refractivity contribution is -0.137. The van der Waals surface area contributed by atoms with E-state index in [0.717, 1.165) is 17.7 Å². The van der Waals surface area contributed by atoms with Crippen LogP contribution in [0.5, 0.6) is 0 Å². The average molecular weight is 493 g/mol. The Labute approximate surface area is 194 Å². The van der Waals surface area contributed by atoms with E-state index >= 15 is 0 Å². The van der Waals surface area contributed by atoms with E-state index in [-0.39, 0.29) is 6.16 Å². The minimum atomic E-state index is -4.42. The summed E-state index contributed by atoms with van der Waals surface area (Å²) in [6.45, 7) is 0. The molecule has 0 aliphatic heterocycles. The molecule has 0 spiro atoms. The largest absolute Gasteiger partial charge is 0.416 e. The molecule has 1 N–H and O–H groups in total. The summed E-state index contributed by atoms with van der Waals surface area (Å²) in [5.74, 6) is -0.408. The fraction of sp³-hybridized carbons (Fsp3) is 0.217. The lowest BCUT2D eigenvalue weighted by Crippen LogP contribution is -2.07. The quantitative estimate of drug-likeness (QED) is 0.320. The van der Waals surface area contributed by atoms with E-state index in [1.54, 1.807) is 31.3 Å². The molecule has 0 saturated heterocycles. The number of benzene rings is 2. The third-order valence-electron chi connectivity index (χ3n) is 5.02. The van der Waals surface area contributed by atoms with Gasteiger partial charge >= 0.3 is 13.8 Å². The Bertz CT molecular complexity index is 1210. The number of anilines is 1. The third kappa shape index (κ3) is 6.22. The molecule has 180 valence electrons. The van der Waals surface area contributed by atoms with E-state index in [9.17, 15) is 22.5 Å². The van der Waals surface area contributed by atoms with Crippen LogP contribution in [0, 0.1) is 0 Å². The average Bonchev–Trinajstić information content (AvgIpc) is 3.18. The molecule has 1 amide bonds. The van der Waals surface area contributed by atoms with Crippen molar-refractivity contribution >= 4 is 25.3 Å². The zero-order valence-electron chi connectivity index (χ0n) is 18.7. The molecular weight excluding hydrogens is 470 g/mol. The van der Waals surface area contributed by atoms with Crippen LogP contribution in [0.3, 0.4) is 0 Å². The van der Waals surface area contributed by atoms with Crippen molar-refractivity contribution in [2.45, 2.75) is 12.3 Å². The number of rotatable bonds is 8. The fourth-order valence-electron chi connectivity index (χ4n) is 3.22. The van der Waals surface area contributed by atoms with Gasteiger partial charge < -0.3 is 14.4 Å².